The van der Waals surface area contributed by atoms with Crippen LogP contribution in [0.2, 0.25) is 0 Å². The molecule has 0 aromatic heterocycles. The van der Waals surface area contributed by atoms with Crippen LogP contribution < -0.4 is 0 Å². The Labute approximate surface area is 88.9 Å². The Hall–Kier alpha value is -0.710. The summed E-state index contributed by atoms with van der Waals surface area (Å²) in [5.74, 6) is 0. The summed E-state index contributed by atoms with van der Waals surface area (Å²) in [4.78, 5) is 0. The Kier molecular flexibility index (Phi) is 5.07. The summed E-state index contributed by atoms with van der Waals surface area (Å²) >= 11 is 0. The lowest BCUT2D eigenvalue weighted by Crippen LogP contribution is -2.46. The smallest absolute Gasteiger partial charge is 0.287 e. The van der Waals surface area contributed by atoms with E-state index in [1.54, 1.807) is 0 Å². The van der Waals surface area contributed by atoms with Crippen molar-refractivity contribution >= 4 is 0 Å². The molecule has 11 heteroatoms. The Balaban J connectivity index is 4.53. The number of halogens is 9. The van der Waals surface area contributed by atoms with Crippen LogP contribution in [0.3, 0.4) is 0 Å². The van der Waals surface area contributed by atoms with Crippen LogP contribution in [0.1, 0.15) is 6.42 Å². The van der Waals surface area contributed by atoms with E-state index in [-0.39, 0.29) is 0 Å². The molecule has 0 spiro atoms. The SMILES string of the molecule is FCOC(F)(F)CN(F)C(F)(F)CC(F)(F)F. The van der Waals surface area contributed by atoms with E-state index in [1.807, 2.05) is 0 Å². The van der Waals surface area contributed by atoms with Gasteiger partial charge in [-0.3, -0.25) is 4.74 Å². The number of hydrogen-bond acceptors (Lipinski definition) is 2. The second-order valence-corrected chi connectivity index (χ2v) is 2.87. The summed E-state index contributed by atoms with van der Waals surface area (Å²) in [7, 11) is 0. The van der Waals surface area contributed by atoms with Gasteiger partial charge in [0.05, 0.1) is 0 Å². The van der Waals surface area contributed by atoms with Crippen molar-refractivity contribution in [3.63, 3.8) is 0 Å². The van der Waals surface area contributed by atoms with Crippen LogP contribution in [0.5, 0.6) is 0 Å². The Morgan fingerprint density at radius 2 is 1.41 bits per heavy atom. The third-order valence-corrected chi connectivity index (χ3v) is 1.36. The lowest BCUT2D eigenvalue weighted by atomic mass is 10.3. The summed E-state index contributed by atoms with van der Waals surface area (Å²) in [5.41, 5.74) is 0. The average molecular weight is 279 g/mol. The van der Waals surface area contributed by atoms with Gasteiger partial charge in [-0.25, -0.2) is 4.39 Å². The molecule has 0 N–H and O–H groups in total. The molecule has 0 heterocycles. The Bertz CT molecular complexity index is 240. The third-order valence-electron chi connectivity index (χ3n) is 1.36. The molecule has 0 aromatic carbocycles. The first-order chi connectivity index (χ1) is 7.40. The Morgan fingerprint density at radius 1 is 0.941 bits per heavy atom. The normalized spacial score (nSPS) is 14.5. The molecule has 0 aromatic rings. The van der Waals surface area contributed by atoms with Crippen molar-refractivity contribution in [2.24, 2.45) is 0 Å². The molecule has 0 aliphatic heterocycles. The van der Waals surface area contributed by atoms with Crippen LogP contribution in [0.4, 0.5) is 39.6 Å². The predicted molar refractivity (Wildman–Crippen MR) is 35.4 cm³/mol. The van der Waals surface area contributed by atoms with Gasteiger partial charge in [0, 0.05) is 0 Å². The predicted octanol–water partition coefficient (Wildman–Crippen LogP) is 3.25. The van der Waals surface area contributed by atoms with Gasteiger partial charge in [0.25, 0.3) is 0 Å². The van der Waals surface area contributed by atoms with Gasteiger partial charge in [0.15, 0.2) is 6.86 Å². The van der Waals surface area contributed by atoms with Gasteiger partial charge in [0.1, 0.15) is 13.0 Å². The van der Waals surface area contributed by atoms with Crippen molar-refractivity contribution in [1.82, 2.24) is 5.12 Å². The van der Waals surface area contributed by atoms with E-state index < -0.39 is 43.3 Å². The van der Waals surface area contributed by atoms with Crippen LogP contribution in [-0.2, 0) is 4.74 Å². The molecule has 0 unspecified atom stereocenters. The molecule has 104 valence electrons. The van der Waals surface area contributed by atoms with E-state index >= 15 is 0 Å². The number of hydrogen-bond donors (Lipinski definition) is 0. The van der Waals surface area contributed by atoms with E-state index in [0.29, 0.717) is 0 Å². The van der Waals surface area contributed by atoms with Gasteiger partial charge >= 0.3 is 18.3 Å². The minimum absolute atomic E-state index is 2.05. The van der Waals surface area contributed by atoms with Gasteiger partial charge in [-0.1, -0.05) is 5.12 Å². The molecule has 2 nitrogen and oxygen atoms in total. The maximum absolute atomic E-state index is 12.4. The fraction of sp³-hybridized carbons (Fsp3) is 1.00. The first-order valence-electron chi connectivity index (χ1n) is 3.85. The molecule has 17 heavy (non-hydrogen) atoms. The molecule has 0 bridgehead atoms. The van der Waals surface area contributed by atoms with E-state index in [1.165, 1.54) is 0 Å². The number of alkyl halides is 8. The fourth-order valence-electron chi connectivity index (χ4n) is 0.730. The number of nitrogens with zero attached hydrogens (tertiary/aromatic N) is 1. The lowest BCUT2D eigenvalue weighted by molar-refractivity contribution is -0.337. The summed E-state index contributed by atoms with van der Waals surface area (Å²) in [5, 5.41) is -2.05. The van der Waals surface area contributed by atoms with Gasteiger partial charge in [0.2, 0.25) is 0 Å². The number of ether oxygens (including phenoxy) is 1. The summed E-state index contributed by atoms with van der Waals surface area (Å²) in [6.07, 6.45) is -13.1. The van der Waals surface area contributed by atoms with Crippen molar-refractivity contribution < 1.29 is 44.3 Å². The van der Waals surface area contributed by atoms with E-state index in [9.17, 15) is 39.6 Å². The molecule has 0 aliphatic rings. The van der Waals surface area contributed by atoms with Crippen molar-refractivity contribution in [1.29, 1.82) is 0 Å². The highest BCUT2D eigenvalue weighted by Crippen LogP contribution is 2.35. The molecular weight excluding hydrogens is 273 g/mol. The Morgan fingerprint density at radius 3 is 1.76 bits per heavy atom. The topological polar surface area (TPSA) is 12.5 Å². The standard InChI is InChI=1S/C6H6F9NO/c7-3-17-6(13,14)2-16(15)5(11,12)1-4(8,9)10/h1-3H2. The lowest BCUT2D eigenvalue weighted by Gasteiger charge is -2.26. The molecule has 0 atom stereocenters. The van der Waals surface area contributed by atoms with Gasteiger partial charge in [-0.05, 0) is 0 Å². The van der Waals surface area contributed by atoms with Crippen LogP contribution in [0.15, 0.2) is 0 Å². The first-order valence-corrected chi connectivity index (χ1v) is 3.85. The van der Waals surface area contributed by atoms with Crippen LogP contribution in [-0.4, -0.2) is 36.9 Å². The molecule has 0 fully saturated rings. The molecule has 0 saturated carbocycles. The average Bonchev–Trinajstić information content (AvgIpc) is 1.97. The van der Waals surface area contributed by atoms with E-state index in [2.05, 4.69) is 4.74 Å². The molecule has 0 radical (unpaired) electrons. The maximum Gasteiger partial charge on any atom is 0.396 e. The van der Waals surface area contributed by atoms with Crippen molar-refractivity contribution in [2.75, 3.05) is 13.4 Å². The zero-order valence-corrected chi connectivity index (χ0v) is 7.88. The quantitative estimate of drug-likeness (QED) is 0.420. The minimum atomic E-state index is -5.45. The van der Waals surface area contributed by atoms with Gasteiger partial charge < -0.3 is 0 Å². The van der Waals surface area contributed by atoms with Gasteiger partial charge in [-0.15, -0.1) is 4.48 Å². The zero-order valence-electron chi connectivity index (χ0n) is 7.88. The summed E-state index contributed by atoms with van der Waals surface area (Å²) in [6.45, 7) is -4.63. The van der Waals surface area contributed by atoms with Crippen molar-refractivity contribution in [3.05, 3.63) is 0 Å². The second kappa shape index (κ2) is 5.29. The maximum atomic E-state index is 12.4. The molecule has 0 amide bonds. The zero-order chi connectivity index (χ0) is 13.9. The molecule has 0 saturated heterocycles. The fourth-order valence-corrected chi connectivity index (χ4v) is 0.730. The van der Waals surface area contributed by atoms with Crippen molar-refractivity contribution in [2.45, 2.75) is 24.8 Å². The highest BCUT2D eigenvalue weighted by Gasteiger charge is 2.51. The van der Waals surface area contributed by atoms with E-state index in [4.69, 9.17) is 0 Å². The molecule has 0 rings (SSSR count). The van der Waals surface area contributed by atoms with E-state index in [0.717, 1.165) is 0 Å². The second-order valence-electron chi connectivity index (χ2n) is 2.87. The van der Waals surface area contributed by atoms with Crippen LogP contribution >= 0.6 is 0 Å². The highest BCUT2D eigenvalue weighted by atomic mass is 19.4. The van der Waals surface area contributed by atoms with Gasteiger partial charge in [-0.2, -0.15) is 30.7 Å². The van der Waals surface area contributed by atoms with Crippen LogP contribution in [0, 0.1) is 0 Å². The summed E-state index contributed by atoms with van der Waals surface area (Å²) < 4.78 is 111. The monoisotopic (exact) mass is 279 g/mol. The molecule has 0 aliphatic carbocycles. The minimum Gasteiger partial charge on any atom is -0.287 e. The molecular formula is C6H6F9NO. The first kappa shape index (κ1) is 16.3. The highest BCUT2D eigenvalue weighted by molar-refractivity contribution is 4.70. The van der Waals surface area contributed by atoms with Crippen LogP contribution in [0.25, 0.3) is 0 Å². The largest absolute Gasteiger partial charge is 0.396 e. The van der Waals surface area contributed by atoms with Crippen molar-refractivity contribution in [3.8, 4) is 0 Å². The summed E-state index contributed by atoms with van der Waals surface area (Å²) in [6, 6.07) is -5.19. The third kappa shape index (κ3) is 6.56. The number of rotatable bonds is 6.